The molecule has 6 heteroatoms. The normalized spacial score (nSPS) is 16.9. The Hall–Kier alpha value is -1.56. The van der Waals surface area contributed by atoms with Crippen molar-refractivity contribution in [3.8, 4) is 0 Å². The molecule has 1 aromatic carbocycles. The van der Waals surface area contributed by atoms with Gasteiger partial charge in [-0.3, -0.25) is 4.79 Å². The fourth-order valence-electron chi connectivity index (χ4n) is 3.05. The summed E-state index contributed by atoms with van der Waals surface area (Å²) in [6.07, 6.45) is 4.15. The third-order valence-corrected chi connectivity index (χ3v) is 5.27. The molecule has 4 nitrogen and oxygen atoms in total. The minimum absolute atomic E-state index is 0.0383. The van der Waals surface area contributed by atoms with Gasteiger partial charge in [-0.15, -0.1) is 0 Å². The van der Waals surface area contributed by atoms with Gasteiger partial charge in [-0.2, -0.15) is 0 Å². The summed E-state index contributed by atoms with van der Waals surface area (Å²) in [5.74, 6) is -1.31. The zero-order valence-corrected chi connectivity index (χ0v) is 12.6. The Balaban J connectivity index is 2.16. The molecular weight excluding hydrogens is 291 g/mol. The Kier molecular flexibility index (Phi) is 3.65. The lowest BCUT2D eigenvalue weighted by Gasteiger charge is -2.43. The van der Waals surface area contributed by atoms with Crippen LogP contribution in [0.3, 0.4) is 0 Å². The smallest absolute Gasteiger partial charge is 0.313 e. The lowest BCUT2D eigenvalue weighted by Crippen LogP contribution is -2.40. The van der Waals surface area contributed by atoms with E-state index in [1.807, 2.05) is 6.07 Å². The summed E-state index contributed by atoms with van der Waals surface area (Å²) in [6.45, 7) is 2.12. The molecule has 0 unspecified atom stereocenters. The summed E-state index contributed by atoms with van der Waals surface area (Å²) >= 11 is 1.17. The molecule has 1 aliphatic rings. The van der Waals surface area contributed by atoms with Gasteiger partial charge in [0.2, 0.25) is 0 Å². The highest BCUT2D eigenvalue weighted by molar-refractivity contribution is 7.99. The first-order valence-corrected chi connectivity index (χ1v) is 8.08. The maximum Gasteiger partial charge on any atom is 0.313 e. The summed E-state index contributed by atoms with van der Waals surface area (Å²) in [4.78, 5) is 15.2. The molecule has 0 spiro atoms. The molecule has 0 radical (unpaired) electrons. The topological polar surface area (TPSA) is 55.1 Å². The number of halogens is 1. The Bertz CT molecular complexity index is 689. The Labute approximate surface area is 126 Å². The van der Waals surface area contributed by atoms with Gasteiger partial charge >= 0.3 is 5.97 Å². The van der Waals surface area contributed by atoms with Gasteiger partial charge in [-0.05, 0) is 37.8 Å². The SMILES string of the molecule is CCC1(n2c(SCC(=O)O)nc3c(F)cccc32)CCC1. The number of aliphatic carboxylic acids is 1. The van der Waals surface area contributed by atoms with E-state index in [-0.39, 0.29) is 17.1 Å². The van der Waals surface area contributed by atoms with Crippen LogP contribution in [0.5, 0.6) is 0 Å². The lowest BCUT2D eigenvalue weighted by molar-refractivity contribution is -0.133. The molecule has 21 heavy (non-hydrogen) atoms. The zero-order chi connectivity index (χ0) is 15.0. The second-order valence-electron chi connectivity index (χ2n) is 5.45. The molecule has 1 aromatic heterocycles. The van der Waals surface area contributed by atoms with E-state index in [0.29, 0.717) is 10.7 Å². The molecule has 0 amide bonds. The summed E-state index contributed by atoms with van der Waals surface area (Å²) in [7, 11) is 0. The van der Waals surface area contributed by atoms with E-state index in [0.717, 1.165) is 31.2 Å². The first kappa shape index (κ1) is 14.4. The molecule has 0 bridgehead atoms. The molecule has 1 fully saturated rings. The van der Waals surface area contributed by atoms with E-state index in [4.69, 9.17) is 5.11 Å². The van der Waals surface area contributed by atoms with Gasteiger partial charge in [0.25, 0.3) is 0 Å². The van der Waals surface area contributed by atoms with Crippen LogP contribution in [0.15, 0.2) is 23.4 Å². The monoisotopic (exact) mass is 308 g/mol. The highest BCUT2D eigenvalue weighted by Crippen LogP contribution is 2.46. The number of rotatable bonds is 5. The number of carbonyl (C=O) groups is 1. The maximum absolute atomic E-state index is 14.0. The maximum atomic E-state index is 14.0. The average molecular weight is 308 g/mol. The Morgan fingerprint density at radius 2 is 2.29 bits per heavy atom. The van der Waals surface area contributed by atoms with Crippen LogP contribution in [0.25, 0.3) is 11.0 Å². The molecule has 0 aliphatic heterocycles. The largest absolute Gasteiger partial charge is 0.481 e. The number of carboxylic acid groups (broad SMARTS) is 1. The molecule has 0 atom stereocenters. The fraction of sp³-hybridized carbons (Fsp3) is 0.467. The zero-order valence-electron chi connectivity index (χ0n) is 11.8. The first-order chi connectivity index (χ1) is 10.1. The first-order valence-electron chi connectivity index (χ1n) is 7.09. The molecule has 2 aromatic rings. The van der Waals surface area contributed by atoms with E-state index in [1.54, 1.807) is 6.07 Å². The van der Waals surface area contributed by atoms with Crippen LogP contribution in [-0.4, -0.2) is 26.4 Å². The molecular formula is C15H17FN2O2S. The number of imidazole rings is 1. The number of para-hydroxylation sites is 1. The molecule has 1 aliphatic carbocycles. The highest BCUT2D eigenvalue weighted by atomic mass is 32.2. The predicted molar refractivity (Wildman–Crippen MR) is 80.2 cm³/mol. The van der Waals surface area contributed by atoms with Crippen molar-refractivity contribution in [2.75, 3.05) is 5.75 Å². The van der Waals surface area contributed by atoms with E-state index < -0.39 is 5.97 Å². The van der Waals surface area contributed by atoms with Crippen molar-refractivity contribution in [3.63, 3.8) is 0 Å². The lowest BCUT2D eigenvalue weighted by atomic mass is 9.74. The Morgan fingerprint density at radius 3 is 2.86 bits per heavy atom. The number of fused-ring (bicyclic) bond motifs is 1. The Morgan fingerprint density at radius 1 is 1.52 bits per heavy atom. The molecule has 1 N–H and O–H groups in total. The van der Waals surface area contributed by atoms with Gasteiger partial charge in [0, 0.05) is 5.54 Å². The number of nitrogens with zero attached hydrogens (tertiary/aromatic N) is 2. The van der Waals surface area contributed by atoms with Crippen LogP contribution in [0.4, 0.5) is 4.39 Å². The molecule has 112 valence electrons. The van der Waals surface area contributed by atoms with Crippen molar-refractivity contribution in [2.24, 2.45) is 0 Å². The van der Waals surface area contributed by atoms with Crippen molar-refractivity contribution in [3.05, 3.63) is 24.0 Å². The number of aromatic nitrogens is 2. The quantitative estimate of drug-likeness (QED) is 0.857. The predicted octanol–water partition coefficient (Wildman–Crippen LogP) is 3.64. The van der Waals surface area contributed by atoms with Crippen LogP contribution in [0.2, 0.25) is 0 Å². The van der Waals surface area contributed by atoms with E-state index in [1.165, 1.54) is 17.8 Å². The summed E-state index contributed by atoms with van der Waals surface area (Å²) in [6, 6.07) is 4.94. The molecule has 0 saturated heterocycles. The molecule has 1 heterocycles. The number of thioether (sulfide) groups is 1. The molecule has 1 saturated carbocycles. The molecule has 3 rings (SSSR count). The summed E-state index contributed by atoms with van der Waals surface area (Å²) in [5.41, 5.74) is 1.07. The van der Waals surface area contributed by atoms with Gasteiger partial charge in [0.15, 0.2) is 11.0 Å². The summed E-state index contributed by atoms with van der Waals surface area (Å²) < 4.78 is 16.1. The van der Waals surface area contributed by atoms with Gasteiger partial charge in [-0.25, -0.2) is 9.37 Å². The highest BCUT2D eigenvalue weighted by Gasteiger charge is 2.40. The van der Waals surface area contributed by atoms with E-state index in [2.05, 4.69) is 16.5 Å². The number of benzene rings is 1. The van der Waals surface area contributed by atoms with Crippen LogP contribution in [0.1, 0.15) is 32.6 Å². The van der Waals surface area contributed by atoms with Crippen LogP contribution in [0, 0.1) is 5.82 Å². The van der Waals surface area contributed by atoms with Gasteiger partial charge in [0.05, 0.1) is 11.3 Å². The van der Waals surface area contributed by atoms with Gasteiger partial charge in [0.1, 0.15) is 5.52 Å². The van der Waals surface area contributed by atoms with Crippen molar-refractivity contribution in [2.45, 2.75) is 43.3 Å². The van der Waals surface area contributed by atoms with Crippen LogP contribution < -0.4 is 0 Å². The van der Waals surface area contributed by atoms with Crippen molar-refractivity contribution in [1.29, 1.82) is 0 Å². The van der Waals surface area contributed by atoms with Crippen LogP contribution in [-0.2, 0) is 10.3 Å². The van der Waals surface area contributed by atoms with Gasteiger partial charge in [-0.1, -0.05) is 24.8 Å². The number of hydrogen-bond donors (Lipinski definition) is 1. The van der Waals surface area contributed by atoms with Crippen LogP contribution >= 0.6 is 11.8 Å². The van der Waals surface area contributed by atoms with Gasteiger partial charge < -0.3 is 9.67 Å². The standard InChI is InChI=1S/C15H17FN2O2S/c1-2-15(7-4-8-15)18-11-6-3-5-10(16)13(11)17-14(18)21-9-12(19)20/h3,5-6H,2,4,7-9H2,1H3,(H,19,20). The number of carboxylic acids is 1. The average Bonchev–Trinajstić information content (AvgIpc) is 2.77. The third kappa shape index (κ3) is 2.31. The number of hydrogen-bond acceptors (Lipinski definition) is 3. The van der Waals surface area contributed by atoms with E-state index in [9.17, 15) is 9.18 Å². The van der Waals surface area contributed by atoms with Crippen molar-refractivity contribution < 1.29 is 14.3 Å². The summed E-state index contributed by atoms with van der Waals surface area (Å²) in [5, 5.41) is 9.50. The fourth-order valence-corrected chi connectivity index (χ4v) is 3.87. The minimum Gasteiger partial charge on any atom is -0.481 e. The third-order valence-electron chi connectivity index (χ3n) is 4.35. The minimum atomic E-state index is -0.891. The van der Waals surface area contributed by atoms with E-state index >= 15 is 0 Å². The van der Waals surface area contributed by atoms with Crippen molar-refractivity contribution >= 4 is 28.8 Å². The second-order valence-corrected chi connectivity index (χ2v) is 6.39. The second kappa shape index (κ2) is 5.33. The van der Waals surface area contributed by atoms with Crippen molar-refractivity contribution in [1.82, 2.24) is 9.55 Å².